The van der Waals surface area contributed by atoms with Crippen LogP contribution in [0.25, 0.3) is 11.0 Å². The lowest BCUT2D eigenvalue weighted by molar-refractivity contribution is -0.577. The second kappa shape index (κ2) is 4.35. The smallest absolute Gasteiger partial charge is 0.243 e. The van der Waals surface area contributed by atoms with Crippen molar-refractivity contribution in [1.29, 1.82) is 0 Å². The van der Waals surface area contributed by atoms with E-state index in [0.717, 1.165) is 5.56 Å². The predicted molar refractivity (Wildman–Crippen MR) is 73.9 cm³/mol. The Bertz CT molecular complexity index is 880. The molecular formula is C14H12N2O3S. The first kappa shape index (κ1) is 12.7. The minimum atomic E-state index is -3.65. The van der Waals surface area contributed by atoms with Crippen LogP contribution in [0.4, 0.5) is 0 Å². The number of aryl methyl sites for hydroxylation is 1. The number of nitrogens with one attached hydrogen (secondary N) is 1. The van der Waals surface area contributed by atoms with E-state index in [0.29, 0.717) is 15.8 Å². The Morgan fingerprint density at radius 2 is 1.80 bits per heavy atom. The van der Waals surface area contributed by atoms with Crippen LogP contribution in [0.2, 0.25) is 0 Å². The molecule has 0 atom stereocenters. The maximum Gasteiger partial charge on any atom is 0.243 e. The highest BCUT2D eigenvalue weighted by atomic mass is 32.2. The van der Waals surface area contributed by atoms with Gasteiger partial charge in [0.25, 0.3) is 0 Å². The van der Waals surface area contributed by atoms with Crippen molar-refractivity contribution >= 4 is 20.9 Å². The van der Waals surface area contributed by atoms with Crippen molar-refractivity contribution in [2.75, 3.05) is 0 Å². The molecule has 0 aliphatic rings. The van der Waals surface area contributed by atoms with Crippen molar-refractivity contribution in [3.8, 4) is 0 Å². The van der Waals surface area contributed by atoms with Crippen LogP contribution >= 0.6 is 0 Å². The van der Waals surface area contributed by atoms with Gasteiger partial charge in [-0.05, 0) is 19.1 Å². The Morgan fingerprint density at radius 1 is 1.10 bits per heavy atom. The Balaban J connectivity index is 2.27. The zero-order valence-corrected chi connectivity index (χ0v) is 11.5. The number of rotatable bonds is 2. The van der Waals surface area contributed by atoms with Crippen molar-refractivity contribution in [1.82, 2.24) is 4.98 Å². The molecule has 0 radical (unpaired) electrons. The maximum absolute atomic E-state index is 12.6. The highest BCUT2D eigenvalue weighted by molar-refractivity contribution is 7.91. The minimum Gasteiger partial charge on any atom is -0.618 e. The molecular weight excluding hydrogens is 276 g/mol. The molecule has 0 amide bonds. The monoisotopic (exact) mass is 288 g/mol. The van der Waals surface area contributed by atoms with Crippen LogP contribution in [0.3, 0.4) is 0 Å². The van der Waals surface area contributed by atoms with Crippen molar-refractivity contribution in [2.24, 2.45) is 0 Å². The number of hydrogen-bond donors (Lipinski definition) is 1. The molecule has 102 valence electrons. The van der Waals surface area contributed by atoms with E-state index in [1.807, 2.05) is 6.92 Å². The normalized spacial score (nSPS) is 11.8. The summed E-state index contributed by atoms with van der Waals surface area (Å²) in [6.45, 7) is 1.89. The van der Waals surface area contributed by atoms with Crippen LogP contribution in [-0.2, 0) is 9.84 Å². The van der Waals surface area contributed by atoms with E-state index in [1.54, 1.807) is 36.5 Å². The number of aromatic amines is 1. The first-order chi connectivity index (χ1) is 9.50. The topological polar surface area (TPSA) is 76.9 Å². The lowest BCUT2D eigenvalue weighted by atomic mass is 10.2. The molecule has 0 unspecified atom stereocenters. The zero-order valence-electron chi connectivity index (χ0n) is 10.7. The highest BCUT2D eigenvalue weighted by Gasteiger charge is 2.23. The molecule has 0 spiro atoms. The molecule has 0 bridgehead atoms. The van der Waals surface area contributed by atoms with Crippen molar-refractivity contribution in [3.05, 3.63) is 59.6 Å². The second-order valence-corrected chi connectivity index (χ2v) is 6.48. The highest BCUT2D eigenvalue weighted by Crippen LogP contribution is 2.25. The van der Waals surface area contributed by atoms with Crippen LogP contribution in [-0.4, -0.2) is 13.4 Å². The van der Waals surface area contributed by atoms with Gasteiger partial charge in [0, 0.05) is 18.3 Å². The van der Waals surface area contributed by atoms with E-state index in [1.165, 1.54) is 12.3 Å². The van der Waals surface area contributed by atoms with E-state index < -0.39 is 9.84 Å². The van der Waals surface area contributed by atoms with Crippen LogP contribution < -0.4 is 4.73 Å². The van der Waals surface area contributed by atoms with Gasteiger partial charge >= 0.3 is 0 Å². The fourth-order valence-corrected chi connectivity index (χ4v) is 3.53. The summed E-state index contributed by atoms with van der Waals surface area (Å²) in [5.74, 6) is 0. The standard InChI is InChI=1S/C14H12N2O3S/c1-10-2-4-11(5-3-10)20(18,19)13-7-9-16(17)12-6-8-15-14(12)13/h2-9,15H,1H3. The molecule has 20 heavy (non-hydrogen) atoms. The molecule has 1 aromatic carbocycles. The molecule has 2 aromatic heterocycles. The number of benzene rings is 1. The van der Waals surface area contributed by atoms with E-state index in [9.17, 15) is 13.6 Å². The summed E-state index contributed by atoms with van der Waals surface area (Å²) in [4.78, 5) is 3.13. The van der Waals surface area contributed by atoms with Crippen LogP contribution in [0, 0.1) is 12.1 Å². The summed E-state index contributed by atoms with van der Waals surface area (Å²) in [5, 5.41) is 11.6. The summed E-state index contributed by atoms with van der Waals surface area (Å²) < 4.78 is 25.9. The van der Waals surface area contributed by atoms with Gasteiger partial charge in [-0.2, -0.15) is 4.73 Å². The molecule has 6 heteroatoms. The molecule has 5 nitrogen and oxygen atoms in total. The average molecular weight is 288 g/mol. The number of pyridine rings is 1. The van der Waals surface area contributed by atoms with Crippen molar-refractivity contribution < 1.29 is 13.1 Å². The molecule has 1 N–H and O–H groups in total. The second-order valence-electron chi connectivity index (χ2n) is 4.56. The summed E-state index contributed by atoms with van der Waals surface area (Å²) in [6, 6.07) is 9.50. The van der Waals surface area contributed by atoms with E-state index >= 15 is 0 Å². The minimum absolute atomic E-state index is 0.105. The first-order valence-electron chi connectivity index (χ1n) is 6.01. The Kier molecular flexibility index (Phi) is 2.76. The summed E-state index contributed by atoms with van der Waals surface area (Å²) in [5.41, 5.74) is 1.61. The number of nitrogens with zero attached hydrogens (tertiary/aromatic N) is 1. The Labute approximate surface area is 116 Å². The average Bonchev–Trinajstić information content (AvgIpc) is 2.89. The Morgan fingerprint density at radius 3 is 2.50 bits per heavy atom. The SMILES string of the molecule is Cc1ccc(S(=O)(=O)c2cc[n+]([O-])c3cc[nH]c23)cc1. The number of sulfone groups is 1. The number of H-pyrrole nitrogens is 1. The third kappa shape index (κ3) is 1.85. The molecule has 3 aromatic rings. The number of aromatic nitrogens is 2. The van der Waals surface area contributed by atoms with Crippen LogP contribution in [0.5, 0.6) is 0 Å². The van der Waals surface area contributed by atoms with Crippen molar-refractivity contribution in [2.45, 2.75) is 16.7 Å². The summed E-state index contributed by atoms with van der Waals surface area (Å²) >= 11 is 0. The molecule has 0 aliphatic heterocycles. The maximum atomic E-state index is 12.6. The lowest BCUT2D eigenvalue weighted by Crippen LogP contribution is -2.26. The van der Waals surface area contributed by atoms with E-state index in [4.69, 9.17) is 0 Å². The van der Waals surface area contributed by atoms with Gasteiger partial charge in [0.15, 0.2) is 6.20 Å². The number of fused-ring (bicyclic) bond motifs is 1. The third-order valence-corrected chi connectivity index (χ3v) is 5.00. The summed E-state index contributed by atoms with van der Waals surface area (Å²) in [7, 11) is -3.65. The third-order valence-electron chi connectivity index (χ3n) is 3.19. The fourth-order valence-electron chi connectivity index (χ4n) is 2.11. The van der Waals surface area contributed by atoms with Gasteiger partial charge in [-0.1, -0.05) is 17.7 Å². The Hall–Kier alpha value is -2.34. The van der Waals surface area contributed by atoms with Gasteiger partial charge < -0.3 is 10.2 Å². The summed E-state index contributed by atoms with van der Waals surface area (Å²) in [6.07, 6.45) is 2.75. The van der Waals surface area contributed by atoms with E-state index in [2.05, 4.69) is 4.98 Å². The lowest BCUT2D eigenvalue weighted by Gasteiger charge is -2.06. The number of hydrogen-bond acceptors (Lipinski definition) is 3. The van der Waals surface area contributed by atoms with Crippen LogP contribution in [0.1, 0.15) is 5.56 Å². The van der Waals surface area contributed by atoms with E-state index in [-0.39, 0.29) is 9.79 Å². The van der Waals surface area contributed by atoms with Gasteiger partial charge in [0.1, 0.15) is 10.4 Å². The fraction of sp³-hybridized carbons (Fsp3) is 0.0714. The first-order valence-corrected chi connectivity index (χ1v) is 7.49. The van der Waals surface area contributed by atoms with Gasteiger partial charge in [-0.3, -0.25) is 0 Å². The molecule has 0 aliphatic carbocycles. The van der Waals surface area contributed by atoms with Crippen LogP contribution in [0.15, 0.2) is 58.6 Å². The van der Waals surface area contributed by atoms with Crippen molar-refractivity contribution in [3.63, 3.8) is 0 Å². The van der Waals surface area contributed by atoms with Gasteiger partial charge in [0.2, 0.25) is 15.4 Å². The molecule has 0 saturated carbocycles. The van der Waals surface area contributed by atoms with Gasteiger partial charge in [-0.15, -0.1) is 0 Å². The zero-order chi connectivity index (χ0) is 14.3. The largest absolute Gasteiger partial charge is 0.618 e. The quantitative estimate of drug-likeness (QED) is 0.578. The molecule has 3 rings (SSSR count). The van der Waals surface area contributed by atoms with Gasteiger partial charge in [0.05, 0.1) is 4.90 Å². The van der Waals surface area contributed by atoms with Gasteiger partial charge in [-0.25, -0.2) is 8.42 Å². The molecule has 0 saturated heterocycles. The molecule has 0 fully saturated rings. The molecule has 2 heterocycles. The predicted octanol–water partition coefficient (Wildman–Crippen LogP) is 1.94.